The van der Waals surface area contributed by atoms with Crippen LogP contribution in [0.4, 0.5) is 24.0 Å². The van der Waals surface area contributed by atoms with E-state index in [0.29, 0.717) is 5.69 Å². The largest absolute Gasteiger partial charge is 0.490 e. The van der Waals surface area contributed by atoms with Crippen molar-refractivity contribution in [2.45, 2.75) is 20.0 Å². The van der Waals surface area contributed by atoms with Crippen LogP contribution in [0, 0.1) is 13.8 Å². The molecule has 0 unspecified atom stereocenters. The highest BCUT2D eigenvalue weighted by atomic mass is 32.1. The van der Waals surface area contributed by atoms with Gasteiger partial charge in [0.1, 0.15) is 0 Å². The molecule has 13 heteroatoms. The number of carbonyl (C=O) groups excluding carboxylic acids is 1. The minimum absolute atomic E-state index is 0.239. The summed E-state index contributed by atoms with van der Waals surface area (Å²) in [5, 5.41) is 17.7. The molecule has 9 nitrogen and oxygen atoms in total. The molecule has 3 aromatic rings. The molecule has 1 amide bonds. The molecule has 0 bridgehead atoms. The first-order chi connectivity index (χ1) is 13.5. The predicted molar refractivity (Wildman–Crippen MR) is 99.0 cm³/mol. The van der Waals surface area contributed by atoms with E-state index in [1.54, 1.807) is 6.33 Å². The number of rotatable bonds is 3. The van der Waals surface area contributed by atoms with Crippen LogP contribution in [-0.4, -0.2) is 42.9 Å². The highest BCUT2D eigenvalue weighted by Crippen LogP contribution is 2.18. The summed E-state index contributed by atoms with van der Waals surface area (Å²) in [6.07, 6.45) is -3.30. The van der Waals surface area contributed by atoms with E-state index in [1.807, 2.05) is 42.7 Å². The van der Waals surface area contributed by atoms with E-state index in [9.17, 15) is 18.0 Å². The first-order valence-corrected chi connectivity index (χ1v) is 8.62. The molecule has 0 atom stereocenters. The van der Waals surface area contributed by atoms with Crippen LogP contribution in [0.3, 0.4) is 0 Å². The molecule has 2 aromatic heterocycles. The third-order valence-electron chi connectivity index (χ3n) is 3.53. The summed E-state index contributed by atoms with van der Waals surface area (Å²) in [6.45, 7) is 3.98. The van der Waals surface area contributed by atoms with Crippen molar-refractivity contribution >= 4 is 34.0 Å². The van der Waals surface area contributed by atoms with Crippen molar-refractivity contribution in [1.82, 2.24) is 19.7 Å². The zero-order valence-corrected chi connectivity index (χ0v) is 15.9. The molecule has 0 saturated heterocycles. The van der Waals surface area contributed by atoms with Crippen molar-refractivity contribution < 1.29 is 27.9 Å². The number of nitrogens with two attached hydrogens (primary N) is 1. The lowest BCUT2D eigenvalue weighted by atomic mass is 10.2. The minimum Gasteiger partial charge on any atom is -0.475 e. The number of nitrogens with zero attached hydrogens (tertiary/aromatic N) is 4. The summed E-state index contributed by atoms with van der Waals surface area (Å²) < 4.78 is 33.7. The normalized spacial score (nSPS) is 10.8. The molecule has 29 heavy (non-hydrogen) atoms. The monoisotopic (exact) mass is 428 g/mol. The SMILES string of the molecule is Cc1ncn(-c2ccc(NC(=O)c3nnc(N)s3)cc2)c1C.O=C(O)C(F)(F)F. The molecule has 0 fully saturated rings. The van der Waals surface area contributed by atoms with Gasteiger partial charge in [0.05, 0.1) is 12.0 Å². The van der Waals surface area contributed by atoms with E-state index in [4.69, 9.17) is 15.6 Å². The van der Waals surface area contributed by atoms with Crippen LogP contribution in [-0.2, 0) is 4.79 Å². The summed E-state index contributed by atoms with van der Waals surface area (Å²) in [6, 6.07) is 7.48. The Balaban J connectivity index is 0.000000370. The molecular formula is C16H15F3N6O3S. The number of imidazole rings is 1. The molecule has 0 saturated carbocycles. The number of carbonyl (C=O) groups is 2. The van der Waals surface area contributed by atoms with E-state index < -0.39 is 12.1 Å². The number of alkyl halides is 3. The topological polar surface area (TPSA) is 136 Å². The number of benzene rings is 1. The number of nitrogen functional groups attached to an aromatic ring is 1. The van der Waals surface area contributed by atoms with Crippen molar-refractivity contribution in [1.29, 1.82) is 0 Å². The Kier molecular flexibility index (Phi) is 6.53. The van der Waals surface area contributed by atoms with Crippen LogP contribution in [0.2, 0.25) is 0 Å². The van der Waals surface area contributed by atoms with Crippen LogP contribution in [0.1, 0.15) is 21.2 Å². The Labute approximate surface area is 166 Å². The number of carboxylic acids is 1. The van der Waals surface area contributed by atoms with Crippen LogP contribution in [0.5, 0.6) is 0 Å². The van der Waals surface area contributed by atoms with Gasteiger partial charge >= 0.3 is 12.1 Å². The van der Waals surface area contributed by atoms with Crippen LogP contribution in [0.25, 0.3) is 5.69 Å². The van der Waals surface area contributed by atoms with Gasteiger partial charge in [-0.25, -0.2) is 9.78 Å². The van der Waals surface area contributed by atoms with Crippen molar-refractivity contribution in [2.24, 2.45) is 0 Å². The molecule has 0 radical (unpaired) electrons. The van der Waals surface area contributed by atoms with Crippen LogP contribution in [0.15, 0.2) is 30.6 Å². The van der Waals surface area contributed by atoms with Gasteiger partial charge in [-0.15, -0.1) is 10.2 Å². The van der Waals surface area contributed by atoms with Crippen LogP contribution >= 0.6 is 11.3 Å². The standard InChI is InChI=1S/C14H14N6OS.C2HF3O2/c1-8-9(2)20(7-16-8)11-5-3-10(4-6-11)17-12(21)13-18-19-14(15)22-13;3-2(4,5)1(6)7/h3-7H,1-2H3,(H2,15,19)(H,17,21);(H,6,7). The Hall–Kier alpha value is -3.48. The first kappa shape index (κ1) is 21.8. The summed E-state index contributed by atoms with van der Waals surface area (Å²) >= 11 is 1.05. The highest BCUT2D eigenvalue weighted by molar-refractivity contribution is 7.16. The summed E-state index contributed by atoms with van der Waals surface area (Å²) in [4.78, 5) is 25.1. The molecule has 154 valence electrons. The number of hydrogen-bond donors (Lipinski definition) is 3. The van der Waals surface area contributed by atoms with Gasteiger partial charge in [-0.1, -0.05) is 11.3 Å². The van der Waals surface area contributed by atoms with E-state index >= 15 is 0 Å². The predicted octanol–water partition coefficient (Wildman–Crippen LogP) is 2.81. The molecule has 3 rings (SSSR count). The first-order valence-electron chi connectivity index (χ1n) is 7.80. The average Bonchev–Trinajstić information content (AvgIpc) is 3.22. The number of aliphatic carboxylic acids is 1. The highest BCUT2D eigenvalue weighted by Gasteiger charge is 2.38. The second kappa shape index (κ2) is 8.68. The molecule has 4 N–H and O–H groups in total. The summed E-state index contributed by atoms with van der Waals surface area (Å²) in [7, 11) is 0. The Bertz CT molecular complexity index is 1010. The van der Waals surface area contributed by atoms with Gasteiger partial charge in [0, 0.05) is 17.1 Å². The third kappa shape index (κ3) is 5.75. The lowest BCUT2D eigenvalue weighted by Gasteiger charge is -2.07. The Morgan fingerprint density at radius 1 is 1.17 bits per heavy atom. The smallest absolute Gasteiger partial charge is 0.475 e. The number of anilines is 2. The molecule has 0 aliphatic heterocycles. The molecule has 0 spiro atoms. The van der Waals surface area contributed by atoms with Crippen molar-refractivity contribution in [3.8, 4) is 5.69 Å². The van der Waals surface area contributed by atoms with E-state index in [0.717, 1.165) is 28.4 Å². The van der Waals surface area contributed by atoms with E-state index in [2.05, 4.69) is 20.5 Å². The van der Waals surface area contributed by atoms with E-state index in [1.165, 1.54) is 0 Å². The zero-order chi connectivity index (χ0) is 21.8. The van der Waals surface area contributed by atoms with Gasteiger partial charge in [0.2, 0.25) is 10.1 Å². The number of halogens is 3. The minimum atomic E-state index is -5.08. The number of hydrogen-bond acceptors (Lipinski definition) is 7. The van der Waals surface area contributed by atoms with Gasteiger partial charge in [0.25, 0.3) is 5.91 Å². The van der Waals surface area contributed by atoms with Crippen molar-refractivity contribution in [3.05, 3.63) is 47.0 Å². The van der Waals surface area contributed by atoms with Crippen molar-refractivity contribution in [2.75, 3.05) is 11.1 Å². The number of amides is 1. The number of aromatic nitrogens is 4. The number of nitrogens with one attached hydrogen (secondary N) is 1. The van der Waals surface area contributed by atoms with Crippen LogP contribution < -0.4 is 11.1 Å². The van der Waals surface area contributed by atoms with Gasteiger partial charge < -0.3 is 20.7 Å². The molecule has 0 aliphatic rings. The third-order valence-corrected chi connectivity index (χ3v) is 4.28. The lowest BCUT2D eigenvalue weighted by molar-refractivity contribution is -0.192. The molecule has 0 aliphatic carbocycles. The van der Waals surface area contributed by atoms with Gasteiger partial charge in [-0.3, -0.25) is 4.79 Å². The second-order valence-electron chi connectivity index (χ2n) is 5.53. The molecule has 2 heterocycles. The maximum atomic E-state index is 12.0. The number of aryl methyl sites for hydroxylation is 1. The quantitative estimate of drug-likeness (QED) is 0.583. The molecule has 1 aromatic carbocycles. The number of carboxylic acid groups (broad SMARTS) is 1. The Morgan fingerprint density at radius 3 is 2.17 bits per heavy atom. The van der Waals surface area contributed by atoms with Gasteiger partial charge in [0.15, 0.2) is 0 Å². The van der Waals surface area contributed by atoms with E-state index in [-0.39, 0.29) is 16.0 Å². The summed E-state index contributed by atoms with van der Waals surface area (Å²) in [5.41, 5.74) is 9.20. The van der Waals surface area contributed by atoms with Gasteiger partial charge in [-0.2, -0.15) is 13.2 Å². The maximum absolute atomic E-state index is 12.0. The van der Waals surface area contributed by atoms with Crippen molar-refractivity contribution in [3.63, 3.8) is 0 Å². The zero-order valence-electron chi connectivity index (χ0n) is 15.1. The van der Waals surface area contributed by atoms with Gasteiger partial charge in [-0.05, 0) is 38.1 Å². The lowest BCUT2D eigenvalue weighted by Crippen LogP contribution is -2.21. The summed E-state index contributed by atoms with van der Waals surface area (Å²) in [5.74, 6) is -3.08. The average molecular weight is 428 g/mol. The fourth-order valence-corrected chi connectivity index (χ4v) is 2.48. The maximum Gasteiger partial charge on any atom is 0.490 e. The Morgan fingerprint density at radius 2 is 1.76 bits per heavy atom. The molecular weight excluding hydrogens is 413 g/mol. The fraction of sp³-hybridized carbons (Fsp3) is 0.188. The fourth-order valence-electron chi connectivity index (χ4n) is 1.98. The second-order valence-corrected chi connectivity index (χ2v) is 6.54.